The Morgan fingerprint density at radius 3 is 2.36 bits per heavy atom. The summed E-state index contributed by atoms with van der Waals surface area (Å²) in [6.45, 7) is 5.04. The van der Waals surface area contributed by atoms with Gasteiger partial charge in [0.2, 0.25) is 17.7 Å². The number of carbonyl (C=O) groups excluding carboxylic acids is 3. The van der Waals surface area contributed by atoms with Crippen molar-refractivity contribution in [2.75, 3.05) is 13.2 Å². The van der Waals surface area contributed by atoms with Crippen LogP contribution in [0.25, 0.3) is 0 Å². The van der Waals surface area contributed by atoms with Crippen LogP contribution in [0.4, 0.5) is 0 Å². The summed E-state index contributed by atoms with van der Waals surface area (Å²) >= 11 is 12.9. The van der Waals surface area contributed by atoms with Gasteiger partial charge in [0.1, 0.15) is 11.2 Å². The van der Waals surface area contributed by atoms with E-state index in [0.29, 0.717) is 52.5 Å². The Morgan fingerprint density at radius 2 is 1.82 bits per heavy atom. The Labute approximate surface area is 201 Å². The molecule has 10 heteroatoms. The summed E-state index contributed by atoms with van der Waals surface area (Å²) in [4.78, 5) is 45.4. The number of hydrogen-bond donors (Lipinski definition) is 2. The van der Waals surface area contributed by atoms with Gasteiger partial charge in [0.05, 0.1) is 19.1 Å². The van der Waals surface area contributed by atoms with E-state index in [1.54, 1.807) is 38.4 Å². The Hall–Kier alpha value is -2.55. The number of carbonyl (C=O) groups is 3. The molecule has 33 heavy (non-hydrogen) atoms. The molecular formula is C23H24Cl2N4O4. The standard InChI is InChI=1S/C23H24Cl2N4O4/c1-23(2,21-26-8-13(9-27-21)14-10-33-11-14)22(32)28-7-12-5-16(24)19(17(25)6-12)15-3-4-18(30)29-20(15)31/h5-6,8-9,14-15H,3-4,7,10-11H2,1-2H3,(H,28,32)(H,29,30,31). The van der Waals surface area contributed by atoms with E-state index in [1.807, 2.05) is 0 Å². The lowest BCUT2D eigenvalue weighted by Crippen LogP contribution is -2.41. The number of halogens is 2. The summed E-state index contributed by atoms with van der Waals surface area (Å²) in [7, 11) is 0. The van der Waals surface area contributed by atoms with Crippen molar-refractivity contribution >= 4 is 40.9 Å². The topological polar surface area (TPSA) is 110 Å². The van der Waals surface area contributed by atoms with Crippen molar-refractivity contribution in [1.29, 1.82) is 0 Å². The highest BCUT2D eigenvalue weighted by Crippen LogP contribution is 2.37. The van der Waals surface area contributed by atoms with Crippen LogP contribution < -0.4 is 10.6 Å². The van der Waals surface area contributed by atoms with Gasteiger partial charge in [0.25, 0.3) is 0 Å². The summed E-state index contributed by atoms with van der Waals surface area (Å²) in [5.41, 5.74) is 1.23. The van der Waals surface area contributed by atoms with Gasteiger partial charge in [0, 0.05) is 46.9 Å². The summed E-state index contributed by atoms with van der Waals surface area (Å²) in [6, 6.07) is 3.34. The Balaban J connectivity index is 1.43. The fraction of sp³-hybridized carbons (Fsp3) is 0.435. The van der Waals surface area contributed by atoms with E-state index in [9.17, 15) is 14.4 Å². The van der Waals surface area contributed by atoms with E-state index in [1.165, 1.54) is 0 Å². The van der Waals surface area contributed by atoms with Gasteiger partial charge in [0.15, 0.2) is 0 Å². The van der Waals surface area contributed by atoms with Crippen molar-refractivity contribution in [1.82, 2.24) is 20.6 Å². The lowest BCUT2D eigenvalue weighted by atomic mass is 9.89. The molecule has 0 radical (unpaired) electrons. The average molecular weight is 491 g/mol. The number of ether oxygens (including phenoxy) is 1. The molecule has 2 aromatic rings. The first-order chi connectivity index (χ1) is 15.7. The van der Waals surface area contributed by atoms with Crippen LogP contribution in [0.15, 0.2) is 24.5 Å². The molecule has 2 N–H and O–H groups in total. The largest absolute Gasteiger partial charge is 0.380 e. The third kappa shape index (κ3) is 4.88. The number of rotatable bonds is 6. The van der Waals surface area contributed by atoms with E-state index >= 15 is 0 Å². The predicted molar refractivity (Wildman–Crippen MR) is 122 cm³/mol. The zero-order chi connectivity index (χ0) is 23.8. The fourth-order valence-corrected chi connectivity index (χ4v) is 4.64. The number of piperidine rings is 1. The van der Waals surface area contributed by atoms with Crippen molar-refractivity contribution in [3.05, 3.63) is 57.1 Å². The van der Waals surface area contributed by atoms with E-state index < -0.39 is 17.2 Å². The van der Waals surface area contributed by atoms with E-state index in [-0.39, 0.29) is 24.8 Å². The van der Waals surface area contributed by atoms with Gasteiger partial charge < -0.3 is 10.1 Å². The highest BCUT2D eigenvalue weighted by molar-refractivity contribution is 6.36. The van der Waals surface area contributed by atoms with Crippen LogP contribution in [0.3, 0.4) is 0 Å². The molecule has 1 atom stereocenters. The van der Waals surface area contributed by atoms with Gasteiger partial charge in [-0.1, -0.05) is 23.2 Å². The minimum atomic E-state index is -0.950. The summed E-state index contributed by atoms with van der Waals surface area (Å²) < 4.78 is 5.20. The number of hydrogen-bond acceptors (Lipinski definition) is 6. The molecule has 1 unspecified atom stereocenters. The first-order valence-corrected chi connectivity index (χ1v) is 11.4. The maximum Gasteiger partial charge on any atom is 0.234 e. The first-order valence-electron chi connectivity index (χ1n) is 10.7. The average Bonchev–Trinajstić information content (AvgIpc) is 2.72. The number of nitrogens with one attached hydrogen (secondary N) is 2. The maximum absolute atomic E-state index is 12.9. The molecule has 0 aliphatic carbocycles. The van der Waals surface area contributed by atoms with Crippen LogP contribution in [-0.2, 0) is 31.1 Å². The van der Waals surface area contributed by atoms with Crippen molar-refractivity contribution in [3.8, 4) is 0 Å². The first kappa shape index (κ1) is 23.6. The van der Waals surface area contributed by atoms with Crippen molar-refractivity contribution in [2.45, 2.75) is 50.5 Å². The van der Waals surface area contributed by atoms with E-state index in [4.69, 9.17) is 27.9 Å². The molecule has 1 aromatic carbocycles. The lowest BCUT2D eigenvalue weighted by Gasteiger charge is -2.27. The van der Waals surface area contributed by atoms with Gasteiger partial charge in [-0.15, -0.1) is 0 Å². The molecule has 3 amide bonds. The van der Waals surface area contributed by atoms with E-state index in [2.05, 4.69) is 20.6 Å². The third-order valence-corrected chi connectivity index (χ3v) is 6.71. The molecule has 2 aliphatic rings. The van der Waals surface area contributed by atoms with Crippen molar-refractivity contribution < 1.29 is 19.1 Å². The molecule has 0 saturated carbocycles. The number of amides is 3. The molecule has 3 heterocycles. The van der Waals surface area contributed by atoms with Gasteiger partial charge in [-0.2, -0.15) is 0 Å². The van der Waals surface area contributed by atoms with Crippen molar-refractivity contribution in [3.63, 3.8) is 0 Å². The molecule has 2 saturated heterocycles. The molecule has 4 rings (SSSR count). The Bertz CT molecular complexity index is 1080. The normalized spacial score (nSPS) is 19.1. The predicted octanol–water partition coefficient (Wildman–Crippen LogP) is 3.01. The highest BCUT2D eigenvalue weighted by Gasteiger charge is 2.34. The summed E-state index contributed by atoms with van der Waals surface area (Å²) in [5, 5.41) is 5.84. The Morgan fingerprint density at radius 1 is 1.18 bits per heavy atom. The SMILES string of the molecule is CC(C)(C(=O)NCc1cc(Cl)c(C2CCC(=O)NC2=O)c(Cl)c1)c1ncc(C2COC2)cn1. The quantitative estimate of drug-likeness (QED) is 0.602. The Kier molecular flexibility index (Phi) is 6.70. The molecule has 0 bridgehead atoms. The summed E-state index contributed by atoms with van der Waals surface area (Å²) in [6.07, 6.45) is 4.07. The smallest absolute Gasteiger partial charge is 0.234 e. The fourth-order valence-electron chi connectivity index (χ4n) is 3.85. The second kappa shape index (κ2) is 9.37. The molecule has 174 valence electrons. The molecule has 8 nitrogen and oxygen atoms in total. The van der Waals surface area contributed by atoms with Gasteiger partial charge >= 0.3 is 0 Å². The number of benzene rings is 1. The van der Waals surface area contributed by atoms with E-state index in [0.717, 1.165) is 5.56 Å². The molecule has 2 aliphatic heterocycles. The monoisotopic (exact) mass is 490 g/mol. The van der Waals surface area contributed by atoms with Crippen LogP contribution >= 0.6 is 23.2 Å². The maximum atomic E-state index is 12.9. The van der Waals surface area contributed by atoms with Gasteiger partial charge in [-0.3, -0.25) is 19.7 Å². The number of aromatic nitrogens is 2. The van der Waals surface area contributed by atoms with Crippen LogP contribution in [-0.4, -0.2) is 40.9 Å². The zero-order valence-electron chi connectivity index (χ0n) is 18.3. The van der Waals surface area contributed by atoms with Crippen LogP contribution in [0.5, 0.6) is 0 Å². The van der Waals surface area contributed by atoms with Crippen LogP contribution in [0.1, 0.15) is 61.0 Å². The molecule has 1 aromatic heterocycles. The molecule has 0 spiro atoms. The van der Waals surface area contributed by atoms with Crippen LogP contribution in [0, 0.1) is 0 Å². The number of nitrogens with zero attached hydrogens (tertiary/aromatic N) is 2. The summed E-state index contributed by atoms with van der Waals surface area (Å²) in [5.74, 6) is -0.808. The zero-order valence-corrected chi connectivity index (χ0v) is 19.8. The molecule has 2 fully saturated rings. The minimum Gasteiger partial charge on any atom is -0.380 e. The lowest BCUT2D eigenvalue weighted by molar-refractivity contribution is -0.134. The van der Waals surface area contributed by atoms with Gasteiger partial charge in [-0.25, -0.2) is 9.97 Å². The number of imide groups is 1. The molecular weight excluding hydrogens is 467 g/mol. The minimum absolute atomic E-state index is 0.189. The second-order valence-corrected chi connectivity index (χ2v) is 9.67. The van der Waals surface area contributed by atoms with Crippen LogP contribution in [0.2, 0.25) is 10.0 Å². The third-order valence-electron chi connectivity index (χ3n) is 6.09. The van der Waals surface area contributed by atoms with Gasteiger partial charge in [-0.05, 0) is 43.5 Å². The highest BCUT2D eigenvalue weighted by atomic mass is 35.5. The second-order valence-electron chi connectivity index (χ2n) is 8.86. The van der Waals surface area contributed by atoms with Crippen molar-refractivity contribution in [2.24, 2.45) is 0 Å².